The molecular formula is C14H14. The third-order valence-corrected chi connectivity index (χ3v) is 3.22. The molecule has 3 rings (SSSR count). The third kappa shape index (κ3) is 1.22. The van der Waals surface area contributed by atoms with Crippen molar-refractivity contribution >= 4 is 0 Å². The van der Waals surface area contributed by atoms with E-state index in [1.807, 2.05) is 0 Å². The molecule has 0 N–H and O–H groups in total. The second-order valence-corrected chi connectivity index (χ2v) is 4.16. The summed E-state index contributed by atoms with van der Waals surface area (Å²) in [5, 5.41) is 0. The number of rotatable bonds is 0. The lowest BCUT2D eigenvalue weighted by atomic mass is 9.81. The third-order valence-electron chi connectivity index (χ3n) is 3.22. The Labute approximate surface area is 85.0 Å². The number of allylic oxidation sites excluding steroid dienone is 10. The lowest BCUT2D eigenvalue weighted by molar-refractivity contribution is 0.915. The van der Waals surface area contributed by atoms with Gasteiger partial charge in [-0.2, -0.15) is 0 Å². The Kier molecular flexibility index (Phi) is 1.80. The largest absolute Gasteiger partial charge is 0.0839 e. The lowest BCUT2D eigenvalue weighted by Crippen LogP contribution is -2.05. The zero-order valence-electron chi connectivity index (χ0n) is 8.29. The van der Waals surface area contributed by atoms with Crippen molar-refractivity contribution in [2.24, 2.45) is 0 Å². The first-order chi connectivity index (χ1) is 6.93. The van der Waals surface area contributed by atoms with Crippen LogP contribution in [0.4, 0.5) is 0 Å². The molecule has 0 fully saturated rings. The molecule has 0 aromatic carbocycles. The maximum atomic E-state index is 2.41. The highest BCUT2D eigenvalue weighted by Crippen LogP contribution is 2.36. The van der Waals surface area contributed by atoms with Gasteiger partial charge in [-0.3, -0.25) is 0 Å². The van der Waals surface area contributed by atoms with E-state index in [9.17, 15) is 0 Å². The van der Waals surface area contributed by atoms with E-state index in [1.54, 1.807) is 16.7 Å². The Balaban J connectivity index is 2.04. The molecule has 0 amide bonds. The molecule has 0 unspecified atom stereocenters. The molecule has 3 aliphatic rings. The summed E-state index contributed by atoms with van der Waals surface area (Å²) in [4.78, 5) is 0. The van der Waals surface area contributed by atoms with Crippen LogP contribution in [0.2, 0.25) is 0 Å². The Morgan fingerprint density at radius 1 is 1.00 bits per heavy atom. The van der Waals surface area contributed by atoms with Crippen LogP contribution in [0.25, 0.3) is 0 Å². The van der Waals surface area contributed by atoms with Gasteiger partial charge in [0.25, 0.3) is 0 Å². The van der Waals surface area contributed by atoms with E-state index >= 15 is 0 Å². The Morgan fingerprint density at radius 3 is 3.00 bits per heavy atom. The van der Waals surface area contributed by atoms with Crippen molar-refractivity contribution in [3.05, 3.63) is 58.7 Å². The molecule has 70 valence electrons. The summed E-state index contributed by atoms with van der Waals surface area (Å²) in [7, 11) is 0. The monoisotopic (exact) mass is 182 g/mol. The SMILES string of the molecule is C1=CCC2=CC3=C(C=CCC3)CC2=C1. The first kappa shape index (κ1) is 8.05. The van der Waals surface area contributed by atoms with Crippen LogP contribution in [0.15, 0.2) is 58.7 Å². The van der Waals surface area contributed by atoms with Crippen LogP contribution in [-0.4, -0.2) is 0 Å². The quantitative estimate of drug-likeness (QED) is 0.534. The standard InChI is InChI=1S/C14H14/c1-2-6-12-10-14-8-4-3-7-13(14)9-11(12)5-1/h1-3,5,7,10H,4,6,8-9H2. The number of hydrogen-bond acceptors (Lipinski definition) is 0. The summed E-state index contributed by atoms with van der Waals surface area (Å²) in [6, 6.07) is 0. The fourth-order valence-electron chi connectivity index (χ4n) is 2.43. The smallest absolute Gasteiger partial charge is 0.00203 e. The highest BCUT2D eigenvalue weighted by atomic mass is 14.2. The van der Waals surface area contributed by atoms with Crippen molar-refractivity contribution in [1.82, 2.24) is 0 Å². The molecule has 0 aromatic rings. The highest BCUT2D eigenvalue weighted by Gasteiger charge is 2.17. The molecule has 0 saturated heterocycles. The van der Waals surface area contributed by atoms with Crippen LogP contribution < -0.4 is 0 Å². The van der Waals surface area contributed by atoms with Gasteiger partial charge in [-0.15, -0.1) is 0 Å². The van der Waals surface area contributed by atoms with Gasteiger partial charge in [-0.05, 0) is 48.0 Å². The van der Waals surface area contributed by atoms with Crippen LogP contribution in [-0.2, 0) is 0 Å². The van der Waals surface area contributed by atoms with Crippen molar-refractivity contribution in [1.29, 1.82) is 0 Å². The zero-order valence-corrected chi connectivity index (χ0v) is 8.29. The topological polar surface area (TPSA) is 0 Å². The maximum absolute atomic E-state index is 2.41. The minimum Gasteiger partial charge on any atom is -0.0839 e. The van der Waals surface area contributed by atoms with Crippen LogP contribution in [0.5, 0.6) is 0 Å². The van der Waals surface area contributed by atoms with Gasteiger partial charge in [-0.25, -0.2) is 0 Å². The van der Waals surface area contributed by atoms with Crippen molar-refractivity contribution in [3.8, 4) is 0 Å². The fraction of sp³-hybridized carbons (Fsp3) is 0.286. The van der Waals surface area contributed by atoms with Crippen molar-refractivity contribution < 1.29 is 0 Å². The minimum absolute atomic E-state index is 1.13. The van der Waals surface area contributed by atoms with E-state index in [1.165, 1.54) is 18.4 Å². The minimum atomic E-state index is 1.13. The highest BCUT2D eigenvalue weighted by molar-refractivity contribution is 5.54. The van der Waals surface area contributed by atoms with Gasteiger partial charge in [0.2, 0.25) is 0 Å². The molecule has 14 heavy (non-hydrogen) atoms. The van der Waals surface area contributed by atoms with Crippen LogP contribution >= 0.6 is 0 Å². The van der Waals surface area contributed by atoms with Gasteiger partial charge < -0.3 is 0 Å². The van der Waals surface area contributed by atoms with E-state index in [4.69, 9.17) is 0 Å². The summed E-state index contributed by atoms with van der Waals surface area (Å²) in [6.45, 7) is 0. The molecule has 0 atom stereocenters. The maximum Gasteiger partial charge on any atom is -0.00203 e. The normalized spacial score (nSPS) is 24.0. The summed E-state index contributed by atoms with van der Waals surface area (Å²) >= 11 is 0. The Morgan fingerprint density at radius 2 is 2.00 bits per heavy atom. The first-order valence-electron chi connectivity index (χ1n) is 5.39. The molecule has 0 aliphatic heterocycles. The molecule has 3 aliphatic carbocycles. The molecule has 0 heteroatoms. The van der Waals surface area contributed by atoms with Crippen molar-refractivity contribution in [2.45, 2.75) is 25.7 Å². The average molecular weight is 182 g/mol. The predicted octanol–water partition coefficient (Wildman–Crippen LogP) is 3.85. The Bertz CT molecular complexity index is 411. The van der Waals surface area contributed by atoms with Gasteiger partial charge >= 0.3 is 0 Å². The van der Waals surface area contributed by atoms with Gasteiger partial charge in [0, 0.05) is 0 Å². The van der Waals surface area contributed by atoms with Crippen LogP contribution in [0, 0.1) is 0 Å². The van der Waals surface area contributed by atoms with E-state index in [-0.39, 0.29) is 0 Å². The summed E-state index contributed by atoms with van der Waals surface area (Å²) in [5.41, 5.74) is 6.19. The predicted molar refractivity (Wildman–Crippen MR) is 59.9 cm³/mol. The van der Waals surface area contributed by atoms with E-state index < -0.39 is 0 Å². The molecule has 0 bridgehead atoms. The summed E-state index contributed by atoms with van der Waals surface area (Å²) < 4.78 is 0. The van der Waals surface area contributed by atoms with Crippen LogP contribution in [0.1, 0.15) is 25.7 Å². The number of fused-ring (bicyclic) bond motifs is 1. The van der Waals surface area contributed by atoms with Gasteiger partial charge in [-0.1, -0.05) is 36.5 Å². The number of hydrogen-bond donors (Lipinski definition) is 0. The van der Waals surface area contributed by atoms with Crippen molar-refractivity contribution in [3.63, 3.8) is 0 Å². The van der Waals surface area contributed by atoms with E-state index in [0.717, 1.165) is 12.8 Å². The van der Waals surface area contributed by atoms with E-state index in [2.05, 4.69) is 36.5 Å². The molecule has 0 spiro atoms. The summed E-state index contributed by atoms with van der Waals surface area (Å²) in [5.74, 6) is 0. The lowest BCUT2D eigenvalue weighted by Gasteiger charge is -2.24. The fourth-order valence-corrected chi connectivity index (χ4v) is 2.43. The molecular weight excluding hydrogens is 168 g/mol. The van der Waals surface area contributed by atoms with Crippen LogP contribution in [0.3, 0.4) is 0 Å². The molecule has 0 heterocycles. The van der Waals surface area contributed by atoms with Gasteiger partial charge in [0.1, 0.15) is 0 Å². The van der Waals surface area contributed by atoms with Gasteiger partial charge in [0.05, 0.1) is 0 Å². The zero-order chi connectivity index (χ0) is 9.38. The molecule has 0 saturated carbocycles. The molecule has 0 nitrogen and oxygen atoms in total. The molecule has 0 radical (unpaired) electrons. The first-order valence-corrected chi connectivity index (χ1v) is 5.39. The van der Waals surface area contributed by atoms with E-state index in [0.29, 0.717) is 0 Å². The second kappa shape index (κ2) is 3.13. The summed E-state index contributed by atoms with van der Waals surface area (Å²) in [6.07, 6.45) is 18.5. The second-order valence-electron chi connectivity index (χ2n) is 4.16. The molecule has 0 aromatic heterocycles. The average Bonchev–Trinajstić information content (AvgIpc) is 2.26. The van der Waals surface area contributed by atoms with Gasteiger partial charge in [0.15, 0.2) is 0 Å². The Hall–Kier alpha value is -1.30. The van der Waals surface area contributed by atoms with Crippen molar-refractivity contribution in [2.75, 3.05) is 0 Å².